The van der Waals surface area contributed by atoms with Gasteiger partial charge < -0.3 is 15.8 Å². The smallest absolute Gasteiger partial charge is 0.310 e. The first-order valence-corrected chi connectivity index (χ1v) is 7.76. The molecule has 0 heterocycles. The Morgan fingerprint density at radius 2 is 1.68 bits per heavy atom. The van der Waals surface area contributed by atoms with Crippen LogP contribution in [0.3, 0.4) is 0 Å². The highest BCUT2D eigenvalue weighted by Crippen LogP contribution is 2.11. The minimum Gasteiger partial charge on any atom is -0.455 e. The van der Waals surface area contributed by atoms with Crippen molar-refractivity contribution < 1.29 is 19.1 Å². The minimum absolute atomic E-state index is 0.113. The number of esters is 1. The molecule has 6 nitrogen and oxygen atoms in total. The van der Waals surface area contributed by atoms with Crippen LogP contribution in [-0.2, 0) is 20.7 Å². The molecular formula is C19H20N2O4. The van der Waals surface area contributed by atoms with E-state index in [1.54, 1.807) is 12.1 Å². The molecule has 0 aliphatic carbocycles. The lowest BCUT2D eigenvalue weighted by Crippen LogP contribution is -2.21. The standard InChI is InChI=1S/C19H20N2O4/c1-12-3-4-14(9-13(12)2)10-18(23)25-11-17(22)21-16-7-5-15(6-8-16)19(20)24/h3-9H,10-11H2,1-2H3,(H2,20,24)(H,21,22). The normalized spacial score (nSPS) is 10.2. The predicted molar refractivity (Wildman–Crippen MR) is 94.2 cm³/mol. The van der Waals surface area contributed by atoms with E-state index < -0.39 is 17.8 Å². The second-order valence-electron chi connectivity index (χ2n) is 5.75. The summed E-state index contributed by atoms with van der Waals surface area (Å²) < 4.78 is 4.99. The van der Waals surface area contributed by atoms with Gasteiger partial charge in [0.25, 0.3) is 5.91 Å². The third kappa shape index (κ3) is 5.46. The Labute approximate surface area is 146 Å². The van der Waals surface area contributed by atoms with Crippen LogP contribution in [0.4, 0.5) is 5.69 Å². The Morgan fingerprint density at radius 1 is 1.00 bits per heavy atom. The highest BCUT2D eigenvalue weighted by Gasteiger charge is 2.10. The first kappa shape index (κ1) is 18.2. The number of amides is 2. The molecule has 0 unspecified atom stereocenters. The van der Waals surface area contributed by atoms with E-state index in [2.05, 4.69) is 5.32 Å². The summed E-state index contributed by atoms with van der Waals surface area (Å²) in [7, 11) is 0. The van der Waals surface area contributed by atoms with Gasteiger partial charge in [0, 0.05) is 11.3 Å². The lowest BCUT2D eigenvalue weighted by atomic mass is 10.0. The number of hydrogen-bond acceptors (Lipinski definition) is 4. The van der Waals surface area contributed by atoms with Crippen LogP contribution in [0.25, 0.3) is 0 Å². The van der Waals surface area contributed by atoms with Crippen molar-refractivity contribution >= 4 is 23.5 Å². The van der Waals surface area contributed by atoms with Gasteiger partial charge in [-0.3, -0.25) is 14.4 Å². The van der Waals surface area contributed by atoms with Crippen molar-refractivity contribution in [2.75, 3.05) is 11.9 Å². The summed E-state index contributed by atoms with van der Waals surface area (Å²) in [5.41, 5.74) is 9.07. The van der Waals surface area contributed by atoms with Crippen molar-refractivity contribution in [1.82, 2.24) is 0 Å². The number of primary amides is 1. The van der Waals surface area contributed by atoms with Crippen LogP contribution >= 0.6 is 0 Å². The number of carbonyl (C=O) groups is 3. The molecular weight excluding hydrogens is 320 g/mol. The van der Waals surface area contributed by atoms with Crippen LogP contribution < -0.4 is 11.1 Å². The van der Waals surface area contributed by atoms with Gasteiger partial charge in [0.15, 0.2) is 6.61 Å². The van der Waals surface area contributed by atoms with Crippen molar-refractivity contribution in [1.29, 1.82) is 0 Å². The zero-order chi connectivity index (χ0) is 18.4. The summed E-state index contributed by atoms with van der Waals surface area (Å²) in [6.45, 7) is 3.60. The van der Waals surface area contributed by atoms with Gasteiger partial charge in [0.1, 0.15) is 0 Å². The molecule has 0 atom stereocenters. The zero-order valence-electron chi connectivity index (χ0n) is 14.2. The Kier molecular flexibility index (Phi) is 5.89. The molecule has 0 fully saturated rings. The van der Waals surface area contributed by atoms with Gasteiger partial charge in [-0.05, 0) is 54.8 Å². The topological polar surface area (TPSA) is 98.5 Å². The SMILES string of the molecule is Cc1ccc(CC(=O)OCC(=O)Nc2ccc(C(N)=O)cc2)cc1C. The summed E-state index contributed by atoms with van der Waals surface area (Å²) in [5.74, 6) is -1.47. The number of anilines is 1. The maximum atomic E-state index is 11.8. The number of nitrogens with two attached hydrogens (primary N) is 1. The van der Waals surface area contributed by atoms with E-state index in [-0.39, 0.29) is 13.0 Å². The van der Waals surface area contributed by atoms with Crippen LogP contribution in [0.2, 0.25) is 0 Å². The quantitative estimate of drug-likeness (QED) is 0.787. The monoisotopic (exact) mass is 340 g/mol. The Bertz CT molecular complexity index is 798. The van der Waals surface area contributed by atoms with Gasteiger partial charge in [-0.2, -0.15) is 0 Å². The number of hydrogen-bond donors (Lipinski definition) is 2. The maximum absolute atomic E-state index is 11.8. The van der Waals surface area contributed by atoms with Crippen molar-refractivity contribution in [3.63, 3.8) is 0 Å². The van der Waals surface area contributed by atoms with Crippen LogP contribution in [0.15, 0.2) is 42.5 Å². The highest BCUT2D eigenvalue weighted by molar-refractivity contribution is 5.95. The molecule has 0 saturated heterocycles. The van der Waals surface area contributed by atoms with Crippen molar-refractivity contribution in [2.24, 2.45) is 5.73 Å². The van der Waals surface area contributed by atoms with Gasteiger partial charge in [-0.25, -0.2) is 0 Å². The minimum atomic E-state index is -0.543. The van der Waals surface area contributed by atoms with E-state index in [1.807, 2.05) is 32.0 Å². The molecule has 0 aliphatic rings. The van der Waals surface area contributed by atoms with Gasteiger partial charge in [-0.15, -0.1) is 0 Å². The van der Waals surface area contributed by atoms with E-state index in [0.717, 1.165) is 16.7 Å². The fraction of sp³-hybridized carbons (Fsp3) is 0.211. The van der Waals surface area contributed by atoms with E-state index >= 15 is 0 Å². The highest BCUT2D eigenvalue weighted by atomic mass is 16.5. The summed E-state index contributed by atoms with van der Waals surface area (Å²) in [6, 6.07) is 11.8. The first-order chi connectivity index (χ1) is 11.8. The fourth-order valence-electron chi connectivity index (χ4n) is 2.19. The van der Waals surface area contributed by atoms with Crippen LogP contribution in [0, 0.1) is 13.8 Å². The van der Waals surface area contributed by atoms with Gasteiger partial charge >= 0.3 is 5.97 Å². The molecule has 0 aromatic heterocycles. The zero-order valence-corrected chi connectivity index (χ0v) is 14.2. The van der Waals surface area contributed by atoms with Crippen LogP contribution in [-0.4, -0.2) is 24.4 Å². The van der Waals surface area contributed by atoms with Gasteiger partial charge in [-0.1, -0.05) is 18.2 Å². The lowest BCUT2D eigenvalue weighted by Gasteiger charge is -2.08. The predicted octanol–water partition coefficient (Wildman–Crippen LogP) is 2.13. The number of carbonyl (C=O) groups excluding carboxylic acids is 3. The number of rotatable bonds is 6. The van der Waals surface area contributed by atoms with Gasteiger partial charge in [0.2, 0.25) is 5.91 Å². The Morgan fingerprint density at radius 3 is 2.28 bits per heavy atom. The summed E-state index contributed by atoms with van der Waals surface area (Å²) in [4.78, 5) is 34.6. The molecule has 25 heavy (non-hydrogen) atoms. The van der Waals surface area contributed by atoms with E-state index in [9.17, 15) is 14.4 Å². The Hall–Kier alpha value is -3.15. The third-order valence-corrected chi connectivity index (χ3v) is 3.74. The van der Waals surface area contributed by atoms with E-state index in [4.69, 9.17) is 10.5 Å². The molecule has 0 bridgehead atoms. The summed E-state index contributed by atoms with van der Waals surface area (Å²) in [5, 5.41) is 2.58. The maximum Gasteiger partial charge on any atom is 0.310 e. The average molecular weight is 340 g/mol. The molecule has 0 saturated carbocycles. The molecule has 6 heteroatoms. The fourth-order valence-corrected chi connectivity index (χ4v) is 2.19. The van der Waals surface area contributed by atoms with Crippen molar-refractivity contribution in [3.05, 3.63) is 64.7 Å². The third-order valence-electron chi connectivity index (χ3n) is 3.74. The van der Waals surface area contributed by atoms with Crippen LogP contribution in [0.5, 0.6) is 0 Å². The molecule has 2 aromatic carbocycles. The molecule has 2 amide bonds. The van der Waals surface area contributed by atoms with E-state index in [0.29, 0.717) is 11.3 Å². The number of nitrogens with one attached hydrogen (secondary N) is 1. The molecule has 2 aromatic rings. The number of benzene rings is 2. The van der Waals surface area contributed by atoms with Crippen molar-refractivity contribution in [2.45, 2.75) is 20.3 Å². The molecule has 130 valence electrons. The second kappa shape index (κ2) is 8.10. The molecule has 2 rings (SSSR count). The summed E-state index contributed by atoms with van der Waals surface area (Å²) in [6.07, 6.45) is 0.113. The van der Waals surface area contributed by atoms with E-state index in [1.165, 1.54) is 12.1 Å². The van der Waals surface area contributed by atoms with Crippen molar-refractivity contribution in [3.8, 4) is 0 Å². The summed E-state index contributed by atoms with van der Waals surface area (Å²) >= 11 is 0. The lowest BCUT2D eigenvalue weighted by molar-refractivity contribution is -0.146. The average Bonchev–Trinajstić information content (AvgIpc) is 2.57. The second-order valence-corrected chi connectivity index (χ2v) is 5.75. The number of ether oxygens (including phenoxy) is 1. The molecule has 0 radical (unpaired) electrons. The molecule has 0 spiro atoms. The van der Waals surface area contributed by atoms with Crippen LogP contribution in [0.1, 0.15) is 27.0 Å². The molecule has 0 aliphatic heterocycles. The Balaban J connectivity index is 1.81. The molecule has 3 N–H and O–H groups in total. The van der Waals surface area contributed by atoms with Gasteiger partial charge in [0.05, 0.1) is 6.42 Å². The first-order valence-electron chi connectivity index (χ1n) is 7.76. The largest absolute Gasteiger partial charge is 0.455 e. The number of aryl methyl sites for hydroxylation is 2.